The molecule has 0 saturated heterocycles. The quantitative estimate of drug-likeness (QED) is 0.676. The van der Waals surface area contributed by atoms with Crippen LogP contribution in [0, 0.1) is 0 Å². The van der Waals surface area contributed by atoms with E-state index in [4.69, 9.17) is 5.73 Å². The number of hydrogen-bond acceptors (Lipinski definition) is 3. The molecule has 4 heteroatoms. The van der Waals surface area contributed by atoms with Crippen molar-refractivity contribution in [2.24, 2.45) is 5.73 Å². The van der Waals surface area contributed by atoms with E-state index in [2.05, 4.69) is 5.32 Å². The smallest absolute Gasteiger partial charge is 0.237 e. The predicted octanol–water partition coefficient (Wildman–Crippen LogP) is 1.61. The molecule has 1 amide bonds. The van der Waals surface area contributed by atoms with Crippen LogP contribution < -0.4 is 11.1 Å². The number of rotatable bonds is 8. The Hall–Kier alpha value is -1.39. The topological polar surface area (TPSA) is 75.3 Å². The number of hydrogen-bond donors (Lipinski definition) is 3. The van der Waals surface area contributed by atoms with Crippen LogP contribution in [0.25, 0.3) is 0 Å². The molecule has 4 N–H and O–H groups in total. The van der Waals surface area contributed by atoms with Crippen LogP contribution in [0.5, 0.6) is 0 Å². The molecule has 0 aliphatic heterocycles. The SMILES string of the molecule is CCCC(C)(O)CNC(=O)[C@@H](N)CCc1ccccc1. The zero-order valence-corrected chi connectivity index (χ0v) is 12.4. The van der Waals surface area contributed by atoms with Gasteiger partial charge in [-0.3, -0.25) is 4.79 Å². The maximum absolute atomic E-state index is 11.9. The zero-order valence-electron chi connectivity index (χ0n) is 12.4. The summed E-state index contributed by atoms with van der Waals surface area (Å²) in [6, 6.07) is 9.43. The van der Waals surface area contributed by atoms with Crippen molar-refractivity contribution in [2.45, 2.75) is 51.2 Å². The minimum Gasteiger partial charge on any atom is -0.388 e. The molecular formula is C16H26N2O2. The number of benzene rings is 1. The summed E-state index contributed by atoms with van der Waals surface area (Å²) < 4.78 is 0. The van der Waals surface area contributed by atoms with Gasteiger partial charge < -0.3 is 16.2 Å². The Kier molecular flexibility index (Phi) is 6.68. The zero-order chi connectivity index (χ0) is 15.0. The third-order valence-corrected chi connectivity index (χ3v) is 3.36. The highest BCUT2D eigenvalue weighted by Crippen LogP contribution is 2.10. The van der Waals surface area contributed by atoms with E-state index < -0.39 is 11.6 Å². The van der Waals surface area contributed by atoms with E-state index in [0.717, 1.165) is 12.8 Å². The number of carbonyl (C=O) groups excluding carboxylic acids is 1. The first-order valence-corrected chi connectivity index (χ1v) is 7.24. The third kappa shape index (κ3) is 6.17. The second-order valence-corrected chi connectivity index (χ2v) is 5.60. The first kappa shape index (κ1) is 16.7. The van der Waals surface area contributed by atoms with Gasteiger partial charge in [0.1, 0.15) is 0 Å². The average molecular weight is 278 g/mol. The average Bonchev–Trinajstić information content (AvgIpc) is 2.43. The Bertz CT molecular complexity index is 404. The Morgan fingerprint density at radius 1 is 1.40 bits per heavy atom. The molecule has 0 heterocycles. The summed E-state index contributed by atoms with van der Waals surface area (Å²) in [6.45, 7) is 3.98. The van der Waals surface area contributed by atoms with Gasteiger partial charge in [-0.15, -0.1) is 0 Å². The summed E-state index contributed by atoms with van der Waals surface area (Å²) in [4.78, 5) is 11.9. The first-order chi connectivity index (χ1) is 9.44. The highest BCUT2D eigenvalue weighted by molar-refractivity contribution is 5.81. The van der Waals surface area contributed by atoms with E-state index >= 15 is 0 Å². The monoisotopic (exact) mass is 278 g/mol. The molecule has 0 bridgehead atoms. The first-order valence-electron chi connectivity index (χ1n) is 7.24. The highest BCUT2D eigenvalue weighted by atomic mass is 16.3. The van der Waals surface area contributed by atoms with Crippen molar-refractivity contribution in [3.05, 3.63) is 35.9 Å². The highest BCUT2D eigenvalue weighted by Gasteiger charge is 2.21. The van der Waals surface area contributed by atoms with E-state index in [9.17, 15) is 9.90 Å². The van der Waals surface area contributed by atoms with E-state index in [1.165, 1.54) is 5.56 Å². The lowest BCUT2D eigenvalue weighted by Crippen LogP contribution is -2.47. The van der Waals surface area contributed by atoms with Crippen LogP contribution in [0.15, 0.2) is 30.3 Å². The van der Waals surface area contributed by atoms with Gasteiger partial charge in [-0.2, -0.15) is 0 Å². The van der Waals surface area contributed by atoms with Crippen molar-refractivity contribution in [1.29, 1.82) is 0 Å². The summed E-state index contributed by atoms with van der Waals surface area (Å²) in [5, 5.41) is 12.7. The maximum Gasteiger partial charge on any atom is 0.237 e. The van der Waals surface area contributed by atoms with Gasteiger partial charge in [-0.25, -0.2) is 0 Å². The Morgan fingerprint density at radius 2 is 2.05 bits per heavy atom. The molecule has 1 unspecified atom stereocenters. The fourth-order valence-corrected chi connectivity index (χ4v) is 2.13. The van der Waals surface area contributed by atoms with Gasteiger partial charge in [0.25, 0.3) is 0 Å². The molecule has 0 aliphatic carbocycles. The number of aryl methyl sites for hydroxylation is 1. The van der Waals surface area contributed by atoms with E-state index in [0.29, 0.717) is 12.8 Å². The second-order valence-electron chi connectivity index (χ2n) is 5.60. The minimum absolute atomic E-state index is 0.197. The Balaban J connectivity index is 2.32. The van der Waals surface area contributed by atoms with E-state index in [1.807, 2.05) is 37.3 Å². The van der Waals surface area contributed by atoms with Crippen molar-refractivity contribution >= 4 is 5.91 Å². The van der Waals surface area contributed by atoms with Gasteiger partial charge in [0.15, 0.2) is 0 Å². The molecule has 0 spiro atoms. The van der Waals surface area contributed by atoms with Gasteiger partial charge in [0.05, 0.1) is 11.6 Å². The van der Waals surface area contributed by atoms with Crippen LogP contribution in [-0.2, 0) is 11.2 Å². The third-order valence-electron chi connectivity index (χ3n) is 3.36. The lowest BCUT2D eigenvalue weighted by molar-refractivity contribution is -0.123. The number of nitrogens with one attached hydrogen (secondary N) is 1. The fraction of sp³-hybridized carbons (Fsp3) is 0.562. The normalized spacial score (nSPS) is 15.4. The molecule has 0 saturated carbocycles. The summed E-state index contributed by atoms with van der Waals surface area (Å²) in [6.07, 6.45) is 2.92. The molecular weight excluding hydrogens is 252 g/mol. The molecule has 20 heavy (non-hydrogen) atoms. The lowest BCUT2D eigenvalue weighted by Gasteiger charge is -2.24. The maximum atomic E-state index is 11.9. The van der Waals surface area contributed by atoms with Crippen LogP contribution in [0.2, 0.25) is 0 Å². The van der Waals surface area contributed by atoms with Crippen molar-refractivity contribution in [1.82, 2.24) is 5.32 Å². The fourth-order valence-electron chi connectivity index (χ4n) is 2.13. The number of nitrogens with two attached hydrogens (primary N) is 1. The minimum atomic E-state index is -0.858. The number of carbonyl (C=O) groups is 1. The molecule has 112 valence electrons. The molecule has 1 rings (SSSR count). The van der Waals surface area contributed by atoms with E-state index in [-0.39, 0.29) is 12.5 Å². The Morgan fingerprint density at radius 3 is 2.65 bits per heavy atom. The standard InChI is InChI=1S/C16H26N2O2/c1-3-11-16(2,20)12-18-15(19)14(17)10-9-13-7-5-4-6-8-13/h4-8,14,20H,3,9-12,17H2,1-2H3,(H,18,19)/t14-,16?/m0/s1. The van der Waals surface area contributed by atoms with Gasteiger partial charge in [0.2, 0.25) is 5.91 Å². The van der Waals surface area contributed by atoms with Gasteiger partial charge in [-0.05, 0) is 31.7 Å². The molecule has 1 aromatic rings. The summed E-state index contributed by atoms with van der Waals surface area (Å²) in [5.41, 5.74) is 6.19. The Labute approximate surface area is 121 Å². The van der Waals surface area contributed by atoms with Crippen molar-refractivity contribution in [3.63, 3.8) is 0 Å². The number of aliphatic hydroxyl groups is 1. The van der Waals surface area contributed by atoms with Gasteiger partial charge in [-0.1, -0.05) is 43.7 Å². The molecule has 0 fully saturated rings. The van der Waals surface area contributed by atoms with Gasteiger partial charge in [0, 0.05) is 6.54 Å². The lowest BCUT2D eigenvalue weighted by atomic mass is 10.0. The van der Waals surface area contributed by atoms with Crippen LogP contribution in [-0.4, -0.2) is 29.2 Å². The van der Waals surface area contributed by atoms with Crippen LogP contribution in [0.4, 0.5) is 0 Å². The van der Waals surface area contributed by atoms with Gasteiger partial charge >= 0.3 is 0 Å². The summed E-state index contributed by atoms with van der Waals surface area (Å²) in [5.74, 6) is -0.197. The largest absolute Gasteiger partial charge is 0.388 e. The predicted molar refractivity (Wildman–Crippen MR) is 81.3 cm³/mol. The molecule has 0 radical (unpaired) electrons. The van der Waals surface area contributed by atoms with Crippen molar-refractivity contribution < 1.29 is 9.90 Å². The molecule has 0 aromatic heterocycles. The number of amides is 1. The van der Waals surface area contributed by atoms with Crippen LogP contribution in [0.3, 0.4) is 0 Å². The van der Waals surface area contributed by atoms with Crippen molar-refractivity contribution in [2.75, 3.05) is 6.54 Å². The van der Waals surface area contributed by atoms with Crippen LogP contribution >= 0.6 is 0 Å². The van der Waals surface area contributed by atoms with Crippen molar-refractivity contribution in [3.8, 4) is 0 Å². The summed E-state index contributed by atoms with van der Waals surface area (Å²) >= 11 is 0. The second kappa shape index (κ2) is 8.02. The van der Waals surface area contributed by atoms with E-state index in [1.54, 1.807) is 6.92 Å². The molecule has 1 aromatic carbocycles. The molecule has 0 aliphatic rings. The van der Waals surface area contributed by atoms with Crippen LogP contribution in [0.1, 0.15) is 38.7 Å². The molecule has 4 nitrogen and oxygen atoms in total. The summed E-state index contributed by atoms with van der Waals surface area (Å²) in [7, 11) is 0. The molecule has 2 atom stereocenters.